The third-order valence-electron chi connectivity index (χ3n) is 4.30. The quantitative estimate of drug-likeness (QED) is 0.580. The molecule has 3 aromatic rings. The lowest BCUT2D eigenvalue weighted by atomic mass is 10.1. The van der Waals surface area contributed by atoms with E-state index < -0.39 is 0 Å². The Bertz CT molecular complexity index is 960. The molecule has 1 aromatic heterocycles. The lowest BCUT2D eigenvalue weighted by molar-refractivity contribution is 0.0680. The van der Waals surface area contributed by atoms with E-state index >= 15 is 0 Å². The summed E-state index contributed by atoms with van der Waals surface area (Å²) in [6.45, 7) is 3.05. The first-order chi connectivity index (χ1) is 13.0. The molecule has 4 nitrogen and oxygen atoms in total. The number of hydrogen-bond acceptors (Lipinski definition) is 3. The van der Waals surface area contributed by atoms with E-state index in [1.165, 1.54) is 24.3 Å². The average molecular weight is 387 g/mol. The molecule has 0 spiro atoms. The lowest BCUT2D eigenvalue weighted by Crippen LogP contribution is -2.33. The number of rotatable bonds is 6. The number of aromatic nitrogens is 1. The Balaban J connectivity index is 1.90. The first-order valence-corrected chi connectivity index (χ1v) is 8.95. The third-order valence-corrected chi connectivity index (χ3v) is 4.63. The van der Waals surface area contributed by atoms with Crippen LogP contribution in [0.2, 0.25) is 5.15 Å². The number of methoxy groups -OCH3 is 1. The van der Waals surface area contributed by atoms with Crippen LogP contribution >= 0.6 is 11.6 Å². The zero-order chi connectivity index (χ0) is 19.4. The number of nitrogens with zero attached hydrogens (tertiary/aromatic N) is 2. The molecular formula is C21H20ClFN2O2. The molecule has 1 amide bonds. The van der Waals surface area contributed by atoms with Gasteiger partial charge in [-0.1, -0.05) is 23.7 Å². The topological polar surface area (TPSA) is 42.4 Å². The second kappa shape index (κ2) is 8.46. The highest BCUT2D eigenvalue weighted by atomic mass is 35.5. The summed E-state index contributed by atoms with van der Waals surface area (Å²) in [7, 11) is 1.58. The van der Waals surface area contributed by atoms with Crippen LogP contribution in [0.25, 0.3) is 10.9 Å². The third kappa shape index (κ3) is 4.62. The molecule has 0 bridgehead atoms. The van der Waals surface area contributed by atoms with Crippen molar-refractivity contribution in [2.45, 2.75) is 13.5 Å². The molecule has 2 aromatic carbocycles. The number of benzene rings is 2. The first-order valence-electron chi connectivity index (χ1n) is 8.57. The van der Waals surface area contributed by atoms with Crippen molar-refractivity contribution in [1.29, 1.82) is 0 Å². The molecule has 0 saturated carbocycles. The highest BCUT2D eigenvalue weighted by Gasteiger charge is 2.18. The van der Waals surface area contributed by atoms with Gasteiger partial charge < -0.3 is 9.64 Å². The van der Waals surface area contributed by atoms with E-state index in [-0.39, 0.29) is 18.3 Å². The molecule has 140 valence electrons. The molecule has 0 fully saturated rings. The summed E-state index contributed by atoms with van der Waals surface area (Å²) in [6, 6.07) is 13.4. The Labute approximate surface area is 162 Å². The van der Waals surface area contributed by atoms with Crippen LogP contribution in [0.15, 0.2) is 48.5 Å². The van der Waals surface area contributed by atoms with E-state index in [0.29, 0.717) is 23.9 Å². The van der Waals surface area contributed by atoms with Crippen molar-refractivity contribution in [3.8, 4) is 0 Å². The molecule has 0 N–H and O–H groups in total. The van der Waals surface area contributed by atoms with Crippen LogP contribution in [0.1, 0.15) is 21.5 Å². The average Bonchev–Trinajstić information content (AvgIpc) is 2.65. The van der Waals surface area contributed by atoms with Gasteiger partial charge >= 0.3 is 0 Å². The zero-order valence-corrected chi connectivity index (χ0v) is 16.0. The molecule has 0 saturated heterocycles. The van der Waals surface area contributed by atoms with E-state index in [0.717, 1.165) is 22.0 Å². The van der Waals surface area contributed by atoms with Gasteiger partial charge in [-0.15, -0.1) is 0 Å². The number of carbonyl (C=O) groups is 1. The summed E-state index contributed by atoms with van der Waals surface area (Å²) < 4.78 is 18.3. The van der Waals surface area contributed by atoms with Crippen molar-refractivity contribution >= 4 is 28.4 Å². The van der Waals surface area contributed by atoms with Crippen molar-refractivity contribution in [2.24, 2.45) is 0 Å². The van der Waals surface area contributed by atoms with Crippen molar-refractivity contribution < 1.29 is 13.9 Å². The van der Waals surface area contributed by atoms with Gasteiger partial charge in [-0.2, -0.15) is 0 Å². The molecule has 0 aliphatic carbocycles. The fraction of sp³-hybridized carbons (Fsp3) is 0.238. The van der Waals surface area contributed by atoms with Gasteiger partial charge in [-0.05, 0) is 48.9 Å². The minimum absolute atomic E-state index is 0.216. The van der Waals surface area contributed by atoms with Gasteiger partial charge in [0.1, 0.15) is 11.0 Å². The van der Waals surface area contributed by atoms with Gasteiger partial charge in [0.05, 0.1) is 12.1 Å². The summed E-state index contributed by atoms with van der Waals surface area (Å²) in [5.74, 6) is -0.598. The van der Waals surface area contributed by atoms with Gasteiger partial charge in [0.25, 0.3) is 5.91 Å². The molecule has 3 rings (SSSR count). The predicted molar refractivity (Wildman–Crippen MR) is 105 cm³/mol. The van der Waals surface area contributed by atoms with Crippen LogP contribution < -0.4 is 0 Å². The zero-order valence-electron chi connectivity index (χ0n) is 15.2. The second-order valence-electron chi connectivity index (χ2n) is 6.36. The monoisotopic (exact) mass is 386 g/mol. The Morgan fingerprint density at radius 2 is 1.93 bits per heavy atom. The van der Waals surface area contributed by atoms with Gasteiger partial charge in [0.15, 0.2) is 0 Å². The Morgan fingerprint density at radius 3 is 2.63 bits per heavy atom. The minimum Gasteiger partial charge on any atom is -0.383 e. The highest BCUT2D eigenvalue weighted by molar-refractivity contribution is 6.30. The summed E-state index contributed by atoms with van der Waals surface area (Å²) >= 11 is 6.38. The Morgan fingerprint density at radius 1 is 1.19 bits per heavy atom. The number of ether oxygens (including phenoxy) is 1. The van der Waals surface area contributed by atoms with Crippen LogP contribution in [-0.4, -0.2) is 36.1 Å². The maximum atomic E-state index is 13.2. The van der Waals surface area contributed by atoms with Gasteiger partial charge in [0, 0.05) is 36.7 Å². The SMILES string of the molecule is COCCN(Cc1cc2ccc(C)cc2nc1Cl)C(=O)c1ccc(F)cc1. The largest absolute Gasteiger partial charge is 0.383 e. The fourth-order valence-electron chi connectivity index (χ4n) is 2.84. The second-order valence-corrected chi connectivity index (χ2v) is 6.72. The van der Waals surface area contributed by atoms with Crippen molar-refractivity contribution in [2.75, 3.05) is 20.3 Å². The Kier molecular flexibility index (Phi) is 6.04. The van der Waals surface area contributed by atoms with Crippen molar-refractivity contribution in [3.63, 3.8) is 0 Å². The summed E-state index contributed by atoms with van der Waals surface area (Å²) in [4.78, 5) is 19.0. The number of carbonyl (C=O) groups excluding carboxylic acids is 1. The Hall–Kier alpha value is -2.50. The number of hydrogen-bond donors (Lipinski definition) is 0. The summed E-state index contributed by atoms with van der Waals surface area (Å²) in [6.07, 6.45) is 0. The lowest BCUT2D eigenvalue weighted by Gasteiger charge is -2.23. The number of aryl methyl sites for hydroxylation is 1. The van der Waals surface area contributed by atoms with E-state index in [1.54, 1.807) is 12.0 Å². The summed E-state index contributed by atoms with van der Waals surface area (Å²) in [5.41, 5.74) is 3.08. The van der Waals surface area contributed by atoms with Crippen LogP contribution in [-0.2, 0) is 11.3 Å². The maximum absolute atomic E-state index is 13.2. The number of pyridine rings is 1. The molecule has 6 heteroatoms. The van der Waals surface area contributed by atoms with Crippen molar-refractivity contribution in [1.82, 2.24) is 9.88 Å². The van der Waals surface area contributed by atoms with Gasteiger partial charge in [-0.3, -0.25) is 4.79 Å². The molecule has 1 heterocycles. The smallest absolute Gasteiger partial charge is 0.254 e. The number of fused-ring (bicyclic) bond motifs is 1. The number of amides is 1. The molecule has 0 atom stereocenters. The molecule has 0 aliphatic heterocycles. The minimum atomic E-state index is -0.382. The van der Waals surface area contributed by atoms with Crippen LogP contribution in [0, 0.1) is 12.7 Å². The predicted octanol–water partition coefficient (Wildman–Crippen LogP) is 4.62. The standard InChI is InChI=1S/C21H20ClFN2O2/c1-14-3-4-16-12-17(20(22)24-19(16)11-14)13-25(9-10-27-2)21(26)15-5-7-18(23)8-6-15/h3-8,11-12H,9-10,13H2,1-2H3. The number of halogens is 2. The maximum Gasteiger partial charge on any atom is 0.254 e. The molecule has 0 unspecified atom stereocenters. The normalized spacial score (nSPS) is 11.0. The first kappa shape index (κ1) is 19.3. The van der Waals surface area contributed by atoms with E-state index in [2.05, 4.69) is 4.98 Å². The molecule has 0 radical (unpaired) electrons. The fourth-order valence-corrected chi connectivity index (χ4v) is 3.05. The van der Waals surface area contributed by atoms with E-state index in [9.17, 15) is 9.18 Å². The van der Waals surface area contributed by atoms with E-state index in [1.807, 2.05) is 31.2 Å². The highest BCUT2D eigenvalue weighted by Crippen LogP contribution is 2.23. The van der Waals surface area contributed by atoms with Crippen LogP contribution in [0.4, 0.5) is 4.39 Å². The molecule has 27 heavy (non-hydrogen) atoms. The van der Waals surface area contributed by atoms with Crippen LogP contribution in [0.5, 0.6) is 0 Å². The van der Waals surface area contributed by atoms with Crippen molar-refractivity contribution in [3.05, 3.63) is 76.2 Å². The van der Waals surface area contributed by atoms with E-state index in [4.69, 9.17) is 16.3 Å². The summed E-state index contributed by atoms with van der Waals surface area (Å²) in [5, 5.41) is 1.32. The molecular weight excluding hydrogens is 367 g/mol. The molecule has 0 aliphatic rings. The van der Waals surface area contributed by atoms with Gasteiger partial charge in [0.2, 0.25) is 0 Å². The van der Waals surface area contributed by atoms with Crippen LogP contribution in [0.3, 0.4) is 0 Å². The van der Waals surface area contributed by atoms with Gasteiger partial charge in [-0.25, -0.2) is 9.37 Å².